The summed E-state index contributed by atoms with van der Waals surface area (Å²) in [5, 5.41) is 3.92. The molecular weight excluding hydrogens is 260 g/mol. The van der Waals surface area contributed by atoms with Gasteiger partial charge in [0, 0.05) is 18.6 Å². The Kier molecular flexibility index (Phi) is 4.29. The molecule has 5 nitrogen and oxygen atoms in total. The molecule has 1 fully saturated rings. The van der Waals surface area contributed by atoms with Gasteiger partial charge in [0.25, 0.3) is 5.91 Å². The van der Waals surface area contributed by atoms with Crippen molar-refractivity contribution >= 4 is 28.2 Å². The SMILES string of the molecule is CCCN(C(=O)c1sc(NC(C)C)nc1N)C1CC1. The number of anilines is 2. The first-order chi connectivity index (χ1) is 9.02. The normalized spacial score (nSPS) is 14.7. The molecule has 0 unspecified atom stereocenters. The predicted molar refractivity (Wildman–Crippen MR) is 79.6 cm³/mol. The van der Waals surface area contributed by atoms with Crippen LogP contribution in [0.2, 0.25) is 0 Å². The lowest BCUT2D eigenvalue weighted by Gasteiger charge is -2.20. The molecule has 0 spiro atoms. The average molecular weight is 282 g/mol. The molecule has 1 saturated carbocycles. The van der Waals surface area contributed by atoms with Gasteiger partial charge >= 0.3 is 0 Å². The molecule has 0 aromatic carbocycles. The fraction of sp³-hybridized carbons (Fsp3) is 0.692. The van der Waals surface area contributed by atoms with E-state index in [1.54, 1.807) is 0 Å². The standard InChI is InChI=1S/C13H22N4OS/c1-4-7-17(9-5-6-9)12(18)10-11(14)16-13(19-10)15-8(2)3/h8-9H,4-7,14H2,1-3H3,(H,15,16). The van der Waals surface area contributed by atoms with Crippen molar-refractivity contribution in [3.63, 3.8) is 0 Å². The zero-order chi connectivity index (χ0) is 14.0. The minimum Gasteiger partial charge on any atom is -0.382 e. The van der Waals surface area contributed by atoms with Crippen molar-refractivity contribution in [1.82, 2.24) is 9.88 Å². The first-order valence-corrected chi connectivity index (χ1v) is 7.68. The summed E-state index contributed by atoms with van der Waals surface area (Å²) in [5.41, 5.74) is 5.88. The van der Waals surface area contributed by atoms with Gasteiger partial charge in [-0.15, -0.1) is 0 Å². The molecule has 106 valence electrons. The van der Waals surface area contributed by atoms with E-state index >= 15 is 0 Å². The Labute approximate surface area is 118 Å². The third-order valence-electron chi connectivity index (χ3n) is 2.97. The molecule has 2 rings (SSSR count). The van der Waals surface area contributed by atoms with Crippen LogP contribution in [0.25, 0.3) is 0 Å². The lowest BCUT2D eigenvalue weighted by molar-refractivity contribution is 0.0749. The Balaban J connectivity index is 2.15. The summed E-state index contributed by atoms with van der Waals surface area (Å²) in [4.78, 5) is 19.3. The highest BCUT2D eigenvalue weighted by molar-refractivity contribution is 7.18. The highest BCUT2D eigenvalue weighted by Gasteiger charge is 2.34. The topological polar surface area (TPSA) is 71.2 Å². The number of carbonyl (C=O) groups excluding carboxylic acids is 1. The minimum atomic E-state index is 0.0381. The lowest BCUT2D eigenvalue weighted by Crippen LogP contribution is -2.33. The Morgan fingerprint density at radius 2 is 2.26 bits per heavy atom. The first kappa shape index (κ1) is 14.1. The van der Waals surface area contributed by atoms with Crippen molar-refractivity contribution < 1.29 is 4.79 Å². The van der Waals surface area contributed by atoms with Gasteiger partial charge in [0.05, 0.1) is 0 Å². The second-order valence-electron chi connectivity index (χ2n) is 5.26. The van der Waals surface area contributed by atoms with Gasteiger partial charge in [-0.3, -0.25) is 4.79 Å². The van der Waals surface area contributed by atoms with Crippen LogP contribution in [-0.4, -0.2) is 34.4 Å². The molecule has 0 bridgehead atoms. The van der Waals surface area contributed by atoms with Crippen LogP contribution < -0.4 is 11.1 Å². The van der Waals surface area contributed by atoms with Gasteiger partial charge in [0.15, 0.2) is 5.13 Å². The fourth-order valence-corrected chi connectivity index (χ4v) is 2.99. The lowest BCUT2D eigenvalue weighted by atomic mass is 10.3. The summed E-state index contributed by atoms with van der Waals surface area (Å²) in [6.45, 7) is 6.96. The maximum atomic E-state index is 12.5. The average Bonchev–Trinajstić information content (AvgIpc) is 3.09. The summed E-state index contributed by atoms with van der Waals surface area (Å²) < 4.78 is 0. The molecule has 0 aliphatic heterocycles. The van der Waals surface area contributed by atoms with E-state index in [2.05, 4.69) is 17.2 Å². The van der Waals surface area contributed by atoms with Crippen molar-refractivity contribution in [3.05, 3.63) is 4.88 Å². The Morgan fingerprint density at radius 1 is 1.58 bits per heavy atom. The van der Waals surface area contributed by atoms with Crippen molar-refractivity contribution in [2.75, 3.05) is 17.6 Å². The van der Waals surface area contributed by atoms with E-state index in [0.29, 0.717) is 16.7 Å². The molecule has 1 aliphatic rings. The Hall–Kier alpha value is -1.30. The molecule has 0 atom stereocenters. The number of nitrogens with zero attached hydrogens (tertiary/aromatic N) is 2. The fourth-order valence-electron chi connectivity index (χ4n) is 2.00. The van der Waals surface area contributed by atoms with E-state index in [1.807, 2.05) is 18.7 Å². The zero-order valence-corrected chi connectivity index (χ0v) is 12.6. The predicted octanol–water partition coefficient (Wildman–Crippen LogP) is 2.56. The molecular formula is C13H22N4OS. The molecule has 1 aliphatic carbocycles. The second-order valence-corrected chi connectivity index (χ2v) is 6.26. The highest BCUT2D eigenvalue weighted by atomic mass is 32.1. The molecule has 0 saturated heterocycles. The van der Waals surface area contributed by atoms with Crippen molar-refractivity contribution in [1.29, 1.82) is 0 Å². The van der Waals surface area contributed by atoms with E-state index in [0.717, 1.165) is 30.9 Å². The number of carbonyl (C=O) groups is 1. The molecule has 3 N–H and O–H groups in total. The molecule has 1 heterocycles. The van der Waals surface area contributed by atoms with Crippen molar-refractivity contribution in [3.8, 4) is 0 Å². The molecule has 1 aromatic heterocycles. The van der Waals surface area contributed by atoms with Crippen LogP contribution in [0.4, 0.5) is 10.9 Å². The molecule has 1 aromatic rings. The number of hydrogen-bond acceptors (Lipinski definition) is 5. The number of amides is 1. The number of hydrogen-bond donors (Lipinski definition) is 2. The summed E-state index contributed by atoms with van der Waals surface area (Å²) in [6, 6.07) is 0.694. The van der Waals surface area contributed by atoms with Crippen molar-refractivity contribution in [2.45, 2.75) is 52.1 Å². The first-order valence-electron chi connectivity index (χ1n) is 6.86. The van der Waals surface area contributed by atoms with Crippen LogP contribution in [0.5, 0.6) is 0 Å². The summed E-state index contributed by atoms with van der Waals surface area (Å²) in [7, 11) is 0. The quantitative estimate of drug-likeness (QED) is 0.841. The van der Waals surface area contributed by atoms with Gasteiger partial charge in [-0.2, -0.15) is 0 Å². The van der Waals surface area contributed by atoms with E-state index in [1.165, 1.54) is 11.3 Å². The number of rotatable bonds is 6. The summed E-state index contributed by atoms with van der Waals surface area (Å²) >= 11 is 1.36. The van der Waals surface area contributed by atoms with Gasteiger partial charge in [-0.1, -0.05) is 18.3 Å². The molecule has 6 heteroatoms. The molecule has 0 radical (unpaired) electrons. The summed E-state index contributed by atoms with van der Waals surface area (Å²) in [5.74, 6) is 0.385. The number of nitrogens with one attached hydrogen (secondary N) is 1. The highest BCUT2D eigenvalue weighted by Crippen LogP contribution is 2.32. The monoisotopic (exact) mass is 282 g/mol. The number of nitrogens with two attached hydrogens (primary N) is 1. The van der Waals surface area contributed by atoms with Gasteiger partial charge in [0.1, 0.15) is 10.7 Å². The Bertz CT molecular complexity index is 453. The second kappa shape index (κ2) is 5.77. The van der Waals surface area contributed by atoms with Gasteiger partial charge in [-0.25, -0.2) is 4.98 Å². The van der Waals surface area contributed by atoms with Crippen LogP contribution in [0.3, 0.4) is 0 Å². The van der Waals surface area contributed by atoms with Gasteiger partial charge in [-0.05, 0) is 33.1 Å². The Morgan fingerprint density at radius 3 is 2.79 bits per heavy atom. The zero-order valence-electron chi connectivity index (χ0n) is 11.8. The third-order valence-corrected chi connectivity index (χ3v) is 3.96. The number of nitrogen functional groups attached to an aromatic ring is 1. The van der Waals surface area contributed by atoms with Crippen molar-refractivity contribution in [2.24, 2.45) is 0 Å². The minimum absolute atomic E-state index is 0.0381. The van der Waals surface area contributed by atoms with E-state index in [9.17, 15) is 4.79 Å². The van der Waals surface area contributed by atoms with Crippen LogP contribution in [-0.2, 0) is 0 Å². The summed E-state index contributed by atoms with van der Waals surface area (Å²) in [6.07, 6.45) is 3.20. The maximum absolute atomic E-state index is 12.5. The number of thiazole rings is 1. The smallest absolute Gasteiger partial charge is 0.268 e. The number of aromatic nitrogens is 1. The van der Waals surface area contributed by atoms with Gasteiger partial charge < -0.3 is 16.0 Å². The largest absolute Gasteiger partial charge is 0.382 e. The third kappa shape index (κ3) is 3.37. The molecule has 19 heavy (non-hydrogen) atoms. The van der Waals surface area contributed by atoms with Gasteiger partial charge in [0.2, 0.25) is 0 Å². The van der Waals surface area contributed by atoms with E-state index in [4.69, 9.17) is 5.73 Å². The van der Waals surface area contributed by atoms with E-state index < -0.39 is 0 Å². The molecule has 1 amide bonds. The van der Waals surface area contributed by atoms with Crippen LogP contribution in [0.15, 0.2) is 0 Å². The van der Waals surface area contributed by atoms with E-state index in [-0.39, 0.29) is 11.9 Å². The van der Waals surface area contributed by atoms with Crippen LogP contribution >= 0.6 is 11.3 Å². The van der Waals surface area contributed by atoms with Crippen LogP contribution in [0.1, 0.15) is 49.7 Å². The van der Waals surface area contributed by atoms with Crippen LogP contribution in [0, 0.1) is 0 Å². The maximum Gasteiger partial charge on any atom is 0.268 e.